The topological polar surface area (TPSA) is 96.9 Å². The van der Waals surface area contributed by atoms with Crippen LogP contribution in [0.1, 0.15) is 12.5 Å². The minimum Gasteiger partial charge on any atom is -0.324 e. The number of anilines is 1. The van der Waals surface area contributed by atoms with Crippen LogP contribution >= 0.6 is 15.9 Å². The Morgan fingerprint density at radius 3 is 2.74 bits per heavy atom. The Labute approximate surface area is 139 Å². The third kappa shape index (κ3) is 3.76. The molecular formula is C15H13BrN4O3. The van der Waals surface area contributed by atoms with Crippen LogP contribution in [0.4, 0.5) is 5.69 Å². The summed E-state index contributed by atoms with van der Waals surface area (Å²) in [6.45, 7) is 1.54. The fourth-order valence-corrected chi connectivity index (χ4v) is 2.41. The summed E-state index contributed by atoms with van der Waals surface area (Å²) in [6.07, 6.45) is 1.20. The molecule has 0 fully saturated rings. The molecule has 0 bridgehead atoms. The third-order valence-electron chi connectivity index (χ3n) is 3.11. The van der Waals surface area contributed by atoms with Crippen LogP contribution in [0.25, 0.3) is 0 Å². The summed E-state index contributed by atoms with van der Waals surface area (Å²) in [6, 6.07) is 8.65. The second kappa shape index (κ2) is 7.07. The Kier molecular flexibility index (Phi) is 5.13. The number of carbonyl (C=O) groups is 1. The lowest BCUT2D eigenvalue weighted by molar-refractivity contribution is -0.116. The minimum absolute atomic E-state index is 0.179. The molecule has 1 aromatic carbocycles. The van der Waals surface area contributed by atoms with Gasteiger partial charge < -0.3 is 5.32 Å². The lowest BCUT2D eigenvalue weighted by Gasteiger charge is -2.10. The maximum atomic E-state index is 12.2. The molecule has 23 heavy (non-hydrogen) atoms. The first-order chi connectivity index (χ1) is 11.0. The number of aromatic nitrogens is 2. The molecule has 7 nitrogen and oxygen atoms in total. The van der Waals surface area contributed by atoms with E-state index >= 15 is 0 Å². The molecule has 1 amide bonds. The summed E-state index contributed by atoms with van der Waals surface area (Å²) in [5.74, 6) is -0.528. The van der Waals surface area contributed by atoms with Gasteiger partial charge in [-0.3, -0.25) is 14.2 Å². The number of nitriles is 1. The van der Waals surface area contributed by atoms with Crippen LogP contribution in [0.5, 0.6) is 0 Å². The van der Waals surface area contributed by atoms with Crippen LogP contribution in [0.3, 0.4) is 0 Å². The van der Waals surface area contributed by atoms with Gasteiger partial charge in [0.15, 0.2) is 0 Å². The van der Waals surface area contributed by atoms with Crippen LogP contribution in [0.15, 0.2) is 44.5 Å². The van der Waals surface area contributed by atoms with Gasteiger partial charge in [0.25, 0.3) is 5.56 Å². The number of nitrogens with one attached hydrogen (secondary N) is 1. The van der Waals surface area contributed by atoms with E-state index in [1.54, 1.807) is 37.3 Å². The van der Waals surface area contributed by atoms with Crippen LogP contribution in [0, 0.1) is 11.3 Å². The summed E-state index contributed by atoms with van der Waals surface area (Å²) < 4.78 is 2.76. The first-order valence-electron chi connectivity index (χ1n) is 6.76. The SMILES string of the molecule is CCn1cc(C#N)c(=O)n(CC(=O)Nc2cccc(Br)c2)c1=O. The summed E-state index contributed by atoms with van der Waals surface area (Å²) in [7, 11) is 0. The van der Waals surface area contributed by atoms with Gasteiger partial charge in [-0.05, 0) is 25.1 Å². The normalized spacial score (nSPS) is 10.1. The molecule has 0 radical (unpaired) electrons. The average Bonchev–Trinajstić information content (AvgIpc) is 2.52. The highest BCUT2D eigenvalue weighted by Gasteiger charge is 2.14. The minimum atomic E-state index is -0.772. The van der Waals surface area contributed by atoms with Crippen molar-refractivity contribution in [2.24, 2.45) is 0 Å². The maximum absolute atomic E-state index is 12.2. The Balaban J connectivity index is 2.33. The van der Waals surface area contributed by atoms with Gasteiger partial charge in [-0.2, -0.15) is 5.26 Å². The van der Waals surface area contributed by atoms with Crippen LogP contribution in [0.2, 0.25) is 0 Å². The number of aryl methyl sites for hydroxylation is 1. The van der Waals surface area contributed by atoms with Gasteiger partial charge in [0, 0.05) is 22.9 Å². The zero-order valence-electron chi connectivity index (χ0n) is 12.2. The van der Waals surface area contributed by atoms with Gasteiger partial charge in [0.05, 0.1) is 0 Å². The Hall–Kier alpha value is -2.66. The fraction of sp³-hybridized carbons (Fsp3) is 0.200. The zero-order chi connectivity index (χ0) is 17.0. The first-order valence-corrected chi connectivity index (χ1v) is 7.55. The predicted molar refractivity (Wildman–Crippen MR) is 88.1 cm³/mol. The number of rotatable bonds is 4. The lowest BCUT2D eigenvalue weighted by Crippen LogP contribution is -2.43. The Morgan fingerprint density at radius 2 is 2.13 bits per heavy atom. The number of amides is 1. The van der Waals surface area contributed by atoms with Crippen molar-refractivity contribution < 1.29 is 4.79 Å². The molecule has 1 N–H and O–H groups in total. The van der Waals surface area contributed by atoms with Gasteiger partial charge in [0.2, 0.25) is 5.91 Å². The van der Waals surface area contributed by atoms with Crippen molar-refractivity contribution in [2.75, 3.05) is 5.32 Å². The van der Waals surface area contributed by atoms with E-state index in [0.717, 1.165) is 9.04 Å². The van der Waals surface area contributed by atoms with Crippen molar-refractivity contribution in [3.63, 3.8) is 0 Å². The van der Waals surface area contributed by atoms with Crippen molar-refractivity contribution in [3.8, 4) is 6.07 Å². The number of carbonyl (C=O) groups excluding carboxylic acids is 1. The van der Waals surface area contributed by atoms with E-state index in [1.165, 1.54) is 10.8 Å². The average molecular weight is 377 g/mol. The molecule has 0 atom stereocenters. The summed E-state index contributed by atoms with van der Waals surface area (Å²) in [4.78, 5) is 36.3. The highest BCUT2D eigenvalue weighted by molar-refractivity contribution is 9.10. The quantitative estimate of drug-likeness (QED) is 0.869. The summed E-state index contributed by atoms with van der Waals surface area (Å²) >= 11 is 3.28. The van der Waals surface area contributed by atoms with Crippen LogP contribution < -0.4 is 16.6 Å². The molecule has 0 aliphatic rings. The van der Waals surface area contributed by atoms with Crippen molar-refractivity contribution in [1.29, 1.82) is 5.26 Å². The van der Waals surface area contributed by atoms with Gasteiger partial charge in [-0.1, -0.05) is 22.0 Å². The number of hydrogen-bond acceptors (Lipinski definition) is 4. The van der Waals surface area contributed by atoms with E-state index in [1.807, 2.05) is 0 Å². The lowest BCUT2D eigenvalue weighted by atomic mass is 10.3. The summed E-state index contributed by atoms with van der Waals surface area (Å²) in [5.41, 5.74) is -1.04. The number of benzene rings is 1. The molecule has 0 aliphatic carbocycles. The Bertz CT molecular complexity index is 908. The van der Waals surface area contributed by atoms with Crippen molar-refractivity contribution in [2.45, 2.75) is 20.0 Å². The molecule has 1 heterocycles. The van der Waals surface area contributed by atoms with E-state index in [0.29, 0.717) is 12.2 Å². The van der Waals surface area contributed by atoms with E-state index in [9.17, 15) is 14.4 Å². The molecule has 2 aromatic rings. The second-order valence-corrected chi connectivity index (χ2v) is 5.59. The van der Waals surface area contributed by atoms with Crippen LogP contribution in [-0.4, -0.2) is 15.0 Å². The molecule has 0 spiro atoms. The molecule has 1 aromatic heterocycles. The molecule has 118 valence electrons. The standard InChI is InChI=1S/C15H13BrN4O3/c1-2-19-8-10(7-17)14(22)20(15(19)23)9-13(21)18-12-5-3-4-11(16)6-12/h3-6,8H,2,9H2,1H3,(H,18,21). The van der Waals surface area contributed by atoms with E-state index in [2.05, 4.69) is 21.2 Å². The number of hydrogen-bond donors (Lipinski definition) is 1. The molecular weight excluding hydrogens is 364 g/mol. The van der Waals surface area contributed by atoms with Crippen molar-refractivity contribution in [1.82, 2.24) is 9.13 Å². The number of halogens is 1. The highest BCUT2D eigenvalue weighted by atomic mass is 79.9. The molecule has 0 aliphatic heterocycles. The van der Waals surface area contributed by atoms with E-state index < -0.39 is 23.7 Å². The molecule has 8 heteroatoms. The molecule has 2 rings (SSSR count). The monoisotopic (exact) mass is 376 g/mol. The van der Waals surface area contributed by atoms with Crippen molar-refractivity contribution >= 4 is 27.5 Å². The van der Waals surface area contributed by atoms with Crippen molar-refractivity contribution in [3.05, 3.63) is 61.3 Å². The Morgan fingerprint density at radius 1 is 1.39 bits per heavy atom. The van der Waals surface area contributed by atoms with Gasteiger partial charge in [0.1, 0.15) is 18.2 Å². The summed E-state index contributed by atoms with van der Waals surface area (Å²) in [5, 5.41) is 11.6. The van der Waals surface area contributed by atoms with Gasteiger partial charge >= 0.3 is 5.69 Å². The van der Waals surface area contributed by atoms with Crippen LogP contribution in [-0.2, 0) is 17.9 Å². The van der Waals surface area contributed by atoms with Gasteiger partial charge in [-0.25, -0.2) is 9.36 Å². The molecule has 0 saturated carbocycles. The third-order valence-corrected chi connectivity index (χ3v) is 3.60. The smallest absolute Gasteiger partial charge is 0.324 e. The largest absolute Gasteiger partial charge is 0.331 e. The maximum Gasteiger partial charge on any atom is 0.331 e. The predicted octanol–water partition coefficient (Wildman–Crippen LogP) is 1.30. The molecule has 0 unspecified atom stereocenters. The zero-order valence-corrected chi connectivity index (χ0v) is 13.8. The highest BCUT2D eigenvalue weighted by Crippen LogP contribution is 2.15. The van der Waals surface area contributed by atoms with E-state index in [4.69, 9.17) is 5.26 Å². The second-order valence-electron chi connectivity index (χ2n) is 4.67. The van der Waals surface area contributed by atoms with Gasteiger partial charge in [-0.15, -0.1) is 0 Å². The number of nitrogens with zero attached hydrogens (tertiary/aromatic N) is 3. The fourth-order valence-electron chi connectivity index (χ4n) is 2.01. The van der Waals surface area contributed by atoms with E-state index in [-0.39, 0.29) is 5.56 Å². The molecule has 0 saturated heterocycles. The first kappa shape index (κ1) is 16.7.